The lowest BCUT2D eigenvalue weighted by atomic mass is 10.3. The van der Waals surface area contributed by atoms with Crippen LogP contribution in [0, 0.1) is 0 Å². The third-order valence-electron chi connectivity index (χ3n) is 2.21. The maximum absolute atomic E-state index is 12.1. The first-order valence-electron chi connectivity index (χ1n) is 5.22. The van der Waals surface area contributed by atoms with Gasteiger partial charge in [-0.05, 0) is 44.0 Å². The molecule has 0 saturated carbocycles. The molecular formula is C10H13Br2N3O3S. The normalized spacial score (nSPS) is 11.3. The third kappa shape index (κ3) is 4.44. The Bertz CT molecular complexity index is 567. The second-order valence-electron chi connectivity index (χ2n) is 3.63. The van der Waals surface area contributed by atoms with Crippen molar-refractivity contribution in [3.8, 4) is 0 Å². The van der Waals surface area contributed by atoms with Crippen LogP contribution in [0.4, 0.5) is 5.69 Å². The Morgan fingerprint density at radius 3 is 2.32 bits per heavy atom. The predicted molar refractivity (Wildman–Crippen MR) is 80.1 cm³/mol. The van der Waals surface area contributed by atoms with Crippen molar-refractivity contribution in [3.63, 3.8) is 0 Å². The lowest BCUT2D eigenvalue weighted by molar-refractivity contribution is -0.120. The number of hydrogen-bond donors (Lipinski definition) is 3. The quantitative estimate of drug-likeness (QED) is 0.630. The van der Waals surface area contributed by atoms with Crippen LogP contribution in [0.1, 0.15) is 6.42 Å². The number of halogens is 2. The summed E-state index contributed by atoms with van der Waals surface area (Å²) in [6, 6.07) is 3.00. The van der Waals surface area contributed by atoms with Crippen molar-refractivity contribution in [2.45, 2.75) is 11.3 Å². The molecule has 0 saturated heterocycles. The van der Waals surface area contributed by atoms with Crippen LogP contribution < -0.4 is 15.8 Å². The standard InChI is InChI=1S/C10H13Br2N3O3S/c1-14-9(16)2-3-15-19(17,18)10-7(11)4-6(13)5-8(10)12/h4-5,15H,2-3,13H2,1H3,(H,14,16). The monoisotopic (exact) mass is 413 g/mol. The smallest absolute Gasteiger partial charge is 0.242 e. The summed E-state index contributed by atoms with van der Waals surface area (Å²) in [5.41, 5.74) is 6.03. The molecule has 0 atom stereocenters. The van der Waals surface area contributed by atoms with Crippen LogP contribution in [0.2, 0.25) is 0 Å². The zero-order valence-electron chi connectivity index (χ0n) is 10.0. The number of sulfonamides is 1. The Kier molecular flexibility index (Phi) is 5.78. The van der Waals surface area contributed by atoms with Gasteiger partial charge in [0.25, 0.3) is 0 Å². The van der Waals surface area contributed by atoms with E-state index in [-0.39, 0.29) is 23.8 Å². The Balaban J connectivity index is 2.92. The Morgan fingerprint density at radius 1 is 1.32 bits per heavy atom. The maximum atomic E-state index is 12.1. The van der Waals surface area contributed by atoms with E-state index in [1.807, 2.05) is 0 Å². The minimum absolute atomic E-state index is 0.0191. The van der Waals surface area contributed by atoms with E-state index in [9.17, 15) is 13.2 Å². The summed E-state index contributed by atoms with van der Waals surface area (Å²) in [4.78, 5) is 11.1. The van der Waals surface area contributed by atoms with E-state index >= 15 is 0 Å². The fraction of sp³-hybridized carbons (Fsp3) is 0.300. The summed E-state index contributed by atoms with van der Waals surface area (Å²) in [6.07, 6.45) is 0.0694. The molecule has 1 amide bonds. The van der Waals surface area contributed by atoms with Crippen LogP contribution in [0.3, 0.4) is 0 Å². The SMILES string of the molecule is CNC(=O)CCNS(=O)(=O)c1c(Br)cc(N)cc1Br. The molecule has 0 unspecified atom stereocenters. The summed E-state index contributed by atoms with van der Waals surface area (Å²) in [5.74, 6) is -0.238. The molecule has 1 rings (SSSR count). The second kappa shape index (κ2) is 6.69. The second-order valence-corrected chi connectivity index (χ2v) is 7.05. The van der Waals surface area contributed by atoms with Gasteiger partial charge in [0.2, 0.25) is 15.9 Å². The van der Waals surface area contributed by atoms with Gasteiger partial charge in [0.15, 0.2) is 0 Å². The van der Waals surface area contributed by atoms with E-state index in [0.29, 0.717) is 14.6 Å². The Morgan fingerprint density at radius 2 is 1.84 bits per heavy atom. The van der Waals surface area contributed by atoms with Crippen molar-refractivity contribution in [3.05, 3.63) is 21.1 Å². The average molecular weight is 415 g/mol. The first-order chi connectivity index (χ1) is 8.77. The Labute approximate surface area is 128 Å². The summed E-state index contributed by atoms with van der Waals surface area (Å²) in [7, 11) is -2.23. The molecule has 0 aliphatic rings. The number of amides is 1. The molecule has 0 aliphatic heterocycles. The van der Waals surface area contributed by atoms with E-state index in [2.05, 4.69) is 41.9 Å². The van der Waals surface area contributed by atoms with E-state index in [1.165, 1.54) is 19.2 Å². The highest BCUT2D eigenvalue weighted by molar-refractivity contribution is 9.11. The van der Waals surface area contributed by atoms with E-state index in [1.54, 1.807) is 0 Å². The number of carbonyl (C=O) groups is 1. The molecule has 0 spiro atoms. The molecular weight excluding hydrogens is 402 g/mol. The molecule has 0 fully saturated rings. The van der Waals surface area contributed by atoms with Gasteiger partial charge in [-0.25, -0.2) is 13.1 Å². The van der Waals surface area contributed by atoms with Crippen LogP contribution in [0.5, 0.6) is 0 Å². The fourth-order valence-corrected chi connectivity index (χ4v) is 4.98. The lowest BCUT2D eigenvalue weighted by Gasteiger charge is -2.11. The van der Waals surface area contributed by atoms with Crippen molar-refractivity contribution in [2.75, 3.05) is 19.3 Å². The minimum atomic E-state index is -3.72. The van der Waals surface area contributed by atoms with E-state index in [0.717, 1.165) is 0 Å². The van der Waals surface area contributed by atoms with Crippen LogP contribution in [-0.2, 0) is 14.8 Å². The van der Waals surface area contributed by atoms with Gasteiger partial charge in [-0.2, -0.15) is 0 Å². The number of carbonyl (C=O) groups excluding carboxylic acids is 1. The molecule has 9 heteroatoms. The Hall–Kier alpha value is -0.640. The van der Waals surface area contributed by atoms with Gasteiger partial charge < -0.3 is 11.1 Å². The van der Waals surface area contributed by atoms with E-state index in [4.69, 9.17) is 5.73 Å². The number of benzene rings is 1. The van der Waals surface area contributed by atoms with Gasteiger partial charge in [0.05, 0.1) is 0 Å². The number of nitrogens with one attached hydrogen (secondary N) is 2. The van der Waals surface area contributed by atoms with E-state index < -0.39 is 10.0 Å². The van der Waals surface area contributed by atoms with Crippen LogP contribution >= 0.6 is 31.9 Å². The minimum Gasteiger partial charge on any atom is -0.399 e. The number of nitrogen functional groups attached to an aromatic ring is 1. The first-order valence-corrected chi connectivity index (χ1v) is 8.29. The number of rotatable bonds is 5. The van der Waals surface area contributed by atoms with Crippen molar-refractivity contribution < 1.29 is 13.2 Å². The maximum Gasteiger partial charge on any atom is 0.242 e. The van der Waals surface area contributed by atoms with Gasteiger partial charge in [-0.1, -0.05) is 0 Å². The molecule has 4 N–H and O–H groups in total. The van der Waals surface area contributed by atoms with Crippen LogP contribution in [0.15, 0.2) is 26.0 Å². The first kappa shape index (κ1) is 16.4. The molecule has 1 aromatic carbocycles. The number of hydrogen-bond acceptors (Lipinski definition) is 4. The zero-order chi connectivity index (χ0) is 14.6. The highest BCUT2D eigenvalue weighted by atomic mass is 79.9. The van der Waals surface area contributed by atoms with Crippen LogP contribution in [-0.4, -0.2) is 27.9 Å². The van der Waals surface area contributed by atoms with Crippen LogP contribution in [0.25, 0.3) is 0 Å². The molecule has 0 bridgehead atoms. The number of anilines is 1. The van der Waals surface area contributed by atoms with Crippen molar-refractivity contribution in [2.24, 2.45) is 0 Å². The number of nitrogens with two attached hydrogens (primary N) is 1. The summed E-state index contributed by atoms with van der Waals surface area (Å²) in [6.45, 7) is 0.0191. The third-order valence-corrected chi connectivity index (χ3v) is 5.55. The van der Waals surface area contributed by atoms with Crippen molar-refractivity contribution in [1.82, 2.24) is 10.0 Å². The summed E-state index contributed by atoms with van der Waals surface area (Å²) in [5, 5.41) is 2.41. The topological polar surface area (TPSA) is 101 Å². The van der Waals surface area contributed by atoms with Gasteiger partial charge in [0, 0.05) is 34.6 Å². The van der Waals surface area contributed by atoms with Crippen molar-refractivity contribution in [1.29, 1.82) is 0 Å². The molecule has 0 aromatic heterocycles. The highest BCUT2D eigenvalue weighted by Gasteiger charge is 2.21. The molecule has 0 aliphatic carbocycles. The van der Waals surface area contributed by atoms with Crippen molar-refractivity contribution >= 4 is 53.5 Å². The van der Waals surface area contributed by atoms with Gasteiger partial charge in [-0.3, -0.25) is 4.79 Å². The van der Waals surface area contributed by atoms with Gasteiger partial charge in [0.1, 0.15) is 4.90 Å². The highest BCUT2D eigenvalue weighted by Crippen LogP contribution is 2.32. The molecule has 1 aromatic rings. The van der Waals surface area contributed by atoms with Gasteiger partial charge >= 0.3 is 0 Å². The molecule has 19 heavy (non-hydrogen) atoms. The molecule has 106 valence electrons. The lowest BCUT2D eigenvalue weighted by Crippen LogP contribution is -2.29. The molecule has 6 nitrogen and oxygen atoms in total. The molecule has 0 radical (unpaired) electrons. The zero-order valence-corrected chi connectivity index (χ0v) is 14.0. The molecule has 0 heterocycles. The summed E-state index contributed by atoms with van der Waals surface area (Å²) >= 11 is 6.32. The largest absolute Gasteiger partial charge is 0.399 e. The average Bonchev–Trinajstić information content (AvgIpc) is 2.26. The fourth-order valence-electron chi connectivity index (χ4n) is 1.33. The van der Waals surface area contributed by atoms with Gasteiger partial charge in [-0.15, -0.1) is 0 Å². The predicted octanol–water partition coefficient (Wildman–Crippen LogP) is 1.21. The summed E-state index contributed by atoms with van der Waals surface area (Å²) < 4.78 is 27.3.